The van der Waals surface area contributed by atoms with E-state index in [1.54, 1.807) is 0 Å². The first-order valence-corrected chi connectivity index (χ1v) is 14.2. The number of ether oxygens (including phenoxy) is 1. The van der Waals surface area contributed by atoms with E-state index in [2.05, 4.69) is 17.0 Å². The van der Waals surface area contributed by atoms with Gasteiger partial charge in [0.1, 0.15) is 11.6 Å². The molecule has 8 heteroatoms. The Morgan fingerprint density at radius 3 is 2.48 bits per heavy atom. The van der Waals surface area contributed by atoms with Gasteiger partial charge in [-0.3, -0.25) is 4.79 Å². The Hall–Kier alpha value is -4.30. The predicted octanol–water partition coefficient (Wildman–Crippen LogP) is 5.22. The Kier molecular flexibility index (Phi) is 6.61. The van der Waals surface area contributed by atoms with E-state index >= 15 is 0 Å². The van der Waals surface area contributed by atoms with Crippen LogP contribution in [-0.2, 0) is 4.74 Å². The molecule has 0 atom stereocenters. The maximum absolute atomic E-state index is 13.7. The molecule has 2 aliphatic rings. The number of para-hydroxylation sites is 1. The highest BCUT2D eigenvalue weighted by atomic mass is 16.5. The molecular weight excluding hydrogens is 500 g/mol. The molecule has 2 saturated heterocycles. The second-order valence-corrected chi connectivity index (χ2v) is 10.6. The molecule has 0 unspecified atom stereocenters. The SMILES string of the molecule is O=C(c1cccc2ccccc12)N1CCCN(c2nc(C3CCOCC3)nc3c2cnn3-c2ccccc2)CC1. The number of benzene rings is 3. The quantitative estimate of drug-likeness (QED) is 0.316. The summed E-state index contributed by atoms with van der Waals surface area (Å²) in [7, 11) is 0. The summed E-state index contributed by atoms with van der Waals surface area (Å²) in [6, 6.07) is 24.2. The van der Waals surface area contributed by atoms with Crippen LogP contribution in [0, 0.1) is 0 Å². The van der Waals surface area contributed by atoms with Gasteiger partial charge in [0.25, 0.3) is 5.91 Å². The zero-order chi connectivity index (χ0) is 26.9. The summed E-state index contributed by atoms with van der Waals surface area (Å²) in [5.74, 6) is 2.11. The van der Waals surface area contributed by atoms with Crippen LogP contribution in [0.3, 0.4) is 0 Å². The summed E-state index contributed by atoms with van der Waals surface area (Å²) in [5.41, 5.74) is 2.57. The normalized spacial score (nSPS) is 16.9. The van der Waals surface area contributed by atoms with E-state index < -0.39 is 0 Å². The molecule has 202 valence electrons. The van der Waals surface area contributed by atoms with Gasteiger partial charge in [-0.1, -0.05) is 54.6 Å². The van der Waals surface area contributed by atoms with Gasteiger partial charge in [-0.25, -0.2) is 14.6 Å². The zero-order valence-electron chi connectivity index (χ0n) is 22.4. The minimum atomic E-state index is 0.0891. The number of carbonyl (C=O) groups is 1. The highest BCUT2D eigenvalue weighted by Crippen LogP contribution is 2.32. The number of aromatic nitrogens is 4. The van der Waals surface area contributed by atoms with E-state index in [0.717, 1.165) is 83.7 Å². The minimum Gasteiger partial charge on any atom is -0.381 e. The average molecular weight is 533 g/mol. The fourth-order valence-corrected chi connectivity index (χ4v) is 5.96. The third kappa shape index (κ3) is 4.58. The van der Waals surface area contributed by atoms with Gasteiger partial charge in [0.2, 0.25) is 0 Å². The molecule has 0 bridgehead atoms. The molecule has 2 aliphatic heterocycles. The first-order valence-electron chi connectivity index (χ1n) is 14.2. The molecule has 0 spiro atoms. The van der Waals surface area contributed by atoms with Crippen molar-refractivity contribution in [2.24, 2.45) is 0 Å². The fourth-order valence-electron chi connectivity index (χ4n) is 5.96. The number of nitrogens with zero attached hydrogens (tertiary/aromatic N) is 6. The lowest BCUT2D eigenvalue weighted by Crippen LogP contribution is -2.35. The van der Waals surface area contributed by atoms with Gasteiger partial charge in [-0.2, -0.15) is 5.10 Å². The number of rotatable bonds is 4. The van der Waals surface area contributed by atoms with E-state index in [9.17, 15) is 4.79 Å². The van der Waals surface area contributed by atoms with Crippen molar-refractivity contribution in [3.63, 3.8) is 0 Å². The smallest absolute Gasteiger partial charge is 0.254 e. The van der Waals surface area contributed by atoms with Crippen LogP contribution in [0.5, 0.6) is 0 Å². The highest BCUT2D eigenvalue weighted by Gasteiger charge is 2.27. The molecule has 8 nitrogen and oxygen atoms in total. The van der Waals surface area contributed by atoms with E-state index in [-0.39, 0.29) is 11.8 Å². The van der Waals surface area contributed by atoms with Crippen molar-refractivity contribution in [3.8, 4) is 5.69 Å². The monoisotopic (exact) mass is 532 g/mol. The van der Waals surface area contributed by atoms with Gasteiger partial charge in [0.05, 0.1) is 17.3 Å². The van der Waals surface area contributed by atoms with Crippen molar-refractivity contribution in [1.82, 2.24) is 24.6 Å². The molecule has 0 aliphatic carbocycles. The molecule has 0 saturated carbocycles. The molecule has 4 heterocycles. The van der Waals surface area contributed by atoms with Crippen LogP contribution in [-0.4, -0.2) is 69.9 Å². The second kappa shape index (κ2) is 10.7. The molecule has 2 aromatic heterocycles. The zero-order valence-corrected chi connectivity index (χ0v) is 22.4. The summed E-state index contributed by atoms with van der Waals surface area (Å²) >= 11 is 0. The first-order chi connectivity index (χ1) is 19.8. The van der Waals surface area contributed by atoms with Crippen molar-refractivity contribution in [2.45, 2.75) is 25.2 Å². The Bertz CT molecular complexity index is 1660. The molecule has 2 fully saturated rings. The number of hydrogen-bond donors (Lipinski definition) is 0. The summed E-state index contributed by atoms with van der Waals surface area (Å²) in [4.78, 5) is 28.2. The molecule has 0 radical (unpaired) electrons. The third-order valence-electron chi connectivity index (χ3n) is 8.12. The van der Waals surface area contributed by atoms with Crippen molar-refractivity contribution in [3.05, 3.63) is 90.4 Å². The predicted molar refractivity (Wildman–Crippen MR) is 156 cm³/mol. The van der Waals surface area contributed by atoms with Crippen LogP contribution in [0.15, 0.2) is 79.0 Å². The standard InChI is InChI=1S/C32H32N6O2/c39-32(27-13-6-9-23-8-4-5-12-26(23)27)37-17-7-16-36(18-19-37)30-28-22-33-38(25-10-2-1-3-11-25)31(28)35-29(34-30)24-14-20-40-21-15-24/h1-6,8-13,22,24H,7,14-21H2. The van der Waals surface area contributed by atoms with Gasteiger partial charge >= 0.3 is 0 Å². The van der Waals surface area contributed by atoms with Crippen LogP contribution >= 0.6 is 0 Å². The lowest BCUT2D eigenvalue weighted by molar-refractivity contribution is 0.0769. The molecule has 7 rings (SSSR count). The summed E-state index contributed by atoms with van der Waals surface area (Å²) in [6.07, 6.45) is 4.58. The number of hydrogen-bond acceptors (Lipinski definition) is 6. The number of carbonyl (C=O) groups excluding carboxylic acids is 1. The van der Waals surface area contributed by atoms with E-state index in [1.165, 1.54) is 0 Å². The minimum absolute atomic E-state index is 0.0891. The number of fused-ring (bicyclic) bond motifs is 2. The molecule has 40 heavy (non-hydrogen) atoms. The van der Waals surface area contributed by atoms with Gasteiger partial charge in [-0.15, -0.1) is 0 Å². The molecule has 0 N–H and O–H groups in total. The van der Waals surface area contributed by atoms with Gasteiger partial charge in [0.15, 0.2) is 5.65 Å². The molecular formula is C32H32N6O2. The van der Waals surface area contributed by atoms with E-state index in [0.29, 0.717) is 19.6 Å². The summed E-state index contributed by atoms with van der Waals surface area (Å²) in [6.45, 7) is 4.32. The lowest BCUT2D eigenvalue weighted by atomic mass is 9.99. The molecule has 3 aromatic carbocycles. The van der Waals surface area contributed by atoms with Crippen LogP contribution in [0.2, 0.25) is 0 Å². The lowest BCUT2D eigenvalue weighted by Gasteiger charge is -2.26. The first kappa shape index (κ1) is 24.7. The Balaban J connectivity index is 1.22. The number of anilines is 1. The fraction of sp³-hybridized carbons (Fsp3) is 0.312. The van der Waals surface area contributed by atoms with Crippen LogP contribution in [0.4, 0.5) is 5.82 Å². The number of amides is 1. The maximum atomic E-state index is 13.7. The van der Waals surface area contributed by atoms with Crippen LogP contribution in [0.1, 0.15) is 41.4 Å². The van der Waals surface area contributed by atoms with Gasteiger partial charge in [0, 0.05) is 50.9 Å². The largest absolute Gasteiger partial charge is 0.381 e. The summed E-state index contributed by atoms with van der Waals surface area (Å²) in [5, 5.41) is 7.77. The van der Waals surface area contributed by atoms with E-state index in [1.807, 2.05) is 76.4 Å². The average Bonchev–Trinajstić information content (AvgIpc) is 3.30. The van der Waals surface area contributed by atoms with E-state index in [4.69, 9.17) is 19.8 Å². The van der Waals surface area contributed by atoms with Crippen molar-refractivity contribution >= 4 is 33.5 Å². The second-order valence-electron chi connectivity index (χ2n) is 10.6. The highest BCUT2D eigenvalue weighted by molar-refractivity contribution is 6.07. The Labute approximate surface area is 233 Å². The topological polar surface area (TPSA) is 76.4 Å². The maximum Gasteiger partial charge on any atom is 0.254 e. The van der Waals surface area contributed by atoms with Gasteiger partial charge < -0.3 is 14.5 Å². The van der Waals surface area contributed by atoms with Crippen LogP contribution < -0.4 is 4.90 Å². The molecule has 5 aromatic rings. The van der Waals surface area contributed by atoms with Crippen molar-refractivity contribution in [2.75, 3.05) is 44.3 Å². The third-order valence-corrected chi connectivity index (χ3v) is 8.12. The van der Waals surface area contributed by atoms with Crippen molar-refractivity contribution < 1.29 is 9.53 Å². The van der Waals surface area contributed by atoms with Crippen molar-refractivity contribution in [1.29, 1.82) is 0 Å². The Morgan fingerprint density at radius 2 is 1.60 bits per heavy atom. The van der Waals surface area contributed by atoms with Gasteiger partial charge in [-0.05, 0) is 48.2 Å². The Morgan fingerprint density at radius 1 is 0.800 bits per heavy atom. The molecule has 1 amide bonds. The summed E-state index contributed by atoms with van der Waals surface area (Å²) < 4.78 is 7.54. The van der Waals surface area contributed by atoms with Crippen LogP contribution in [0.25, 0.3) is 27.5 Å².